The minimum Gasteiger partial charge on any atom is -0.496 e. The van der Waals surface area contributed by atoms with E-state index in [4.69, 9.17) is 8.92 Å². The summed E-state index contributed by atoms with van der Waals surface area (Å²) >= 11 is 0. The molecule has 0 fully saturated rings. The van der Waals surface area contributed by atoms with Gasteiger partial charge in [0.15, 0.2) is 0 Å². The van der Waals surface area contributed by atoms with Crippen molar-refractivity contribution in [2.45, 2.75) is 4.90 Å². The highest BCUT2D eigenvalue weighted by atomic mass is 32.2. The quantitative estimate of drug-likeness (QED) is 0.481. The normalized spacial score (nSPS) is 11.5. The minimum absolute atomic E-state index is 0.0172. The Hall–Kier alpha value is -2.78. The number of nitrogens with zero attached hydrogens (tertiary/aromatic N) is 1. The molecule has 0 bridgehead atoms. The Morgan fingerprint density at radius 3 is 2.36 bits per heavy atom. The van der Waals surface area contributed by atoms with Gasteiger partial charge in [0.05, 0.1) is 12.7 Å². The molecule has 0 heterocycles. The van der Waals surface area contributed by atoms with Crippen LogP contribution in [0.2, 0.25) is 0 Å². The van der Waals surface area contributed by atoms with Gasteiger partial charge in [-0.2, -0.15) is 13.7 Å². The summed E-state index contributed by atoms with van der Waals surface area (Å²) < 4.78 is 34.1. The van der Waals surface area contributed by atoms with Crippen LogP contribution < -0.4 is 4.74 Å². The Bertz CT molecular complexity index is 821. The zero-order chi connectivity index (χ0) is 16.0. The second-order valence-electron chi connectivity index (χ2n) is 4.21. The molecule has 0 spiro atoms. The van der Waals surface area contributed by atoms with Crippen LogP contribution in [0.1, 0.15) is 5.56 Å². The minimum atomic E-state index is -3.96. The van der Waals surface area contributed by atoms with E-state index in [2.05, 4.69) is 0 Å². The number of ether oxygens (including phenoxy) is 1. The zero-order valence-corrected chi connectivity index (χ0v) is 12.6. The van der Waals surface area contributed by atoms with Crippen LogP contribution >= 0.6 is 0 Å². The van der Waals surface area contributed by atoms with Gasteiger partial charge in [0, 0.05) is 5.56 Å². The second-order valence-corrected chi connectivity index (χ2v) is 5.78. The summed E-state index contributed by atoms with van der Waals surface area (Å²) in [7, 11) is -2.49. The van der Waals surface area contributed by atoms with E-state index in [9.17, 15) is 13.7 Å². The number of para-hydroxylation sites is 1. The molecular formula is C16H13NO4S. The Kier molecular flexibility index (Phi) is 4.81. The molecule has 0 N–H and O–H groups in total. The molecule has 2 rings (SSSR count). The van der Waals surface area contributed by atoms with Gasteiger partial charge in [0.1, 0.15) is 23.0 Å². The summed E-state index contributed by atoms with van der Waals surface area (Å²) in [4.78, 5) is 0.0172. The smallest absolute Gasteiger partial charge is 0.338 e. The molecule has 2 aromatic carbocycles. The van der Waals surface area contributed by atoms with Gasteiger partial charge in [-0.05, 0) is 24.3 Å². The summed E-state index contributed by atoms with van der Waals surface area (Å²) in [6.45, 7) is 0. The first-order valence-corrected chi connectivity index (χ1v) is 7.71. The topological polar surface area (TPSA) is 76.4 Å². The molecule has 112 valence electrons. The molecule has 2 aromatic rings. The van der Waals surface area contributed by atoms with Crippen molar-refractivity contribution in [3.8, 4) is 11.8 Å². The number of allylic oxidation sites excluding steroid dienone is 1. The predicted octanol–water partition coefficient (Wildman–Crippen LogP) is 2.97. The zero-order valence-electron chi connectivity index (χ0n) is 11.8. The Balaban J connectivity index is 2.33. The van der Waals surface area contributed by atoms with Crippen molar-refractivity contribution in [2.75, 3.05) is 7.11 Å². The molecule has 0 atom stereocenters. The second kappa shape index (κ2) is 6.78. The van der Waals surface area contributed by atoms with E-state index in [-0.39, 0.29) is 10.5 Å². The van der Waals surface area contributed by atoms with Crippen molar-refractivity contribution in [2.24, 2.45) is 0 Å². The first kappa shape index (κ1) is 15.6. The van der Waals surface area contributed by atoms with Crippen molar-refractivity contribution >= 4 is 15.7 Å². The van der Waals surface area contributed by atoms with Crippen LogP contribution in [0.25, 0.3) is 5.57 Å². The van der Waals surface area contributed by atoms with E-state index in [1.165, 1.54) is 19.2 Å². The van der Waals surface area contributed by atoms with Gasteiger partial charge in [-0.1, -0.05) is 30.3 Å². The molecule has 0 aliphatic carbocycles. The molecule has 6 heteroatoms. The van der Waals surface area contributed by atoms with Gasteiger partial charge in [-0.15, -0.1) is 0 Å². The third-order valence-electron chi connectivity index (χ3n) is 2.84. The van der Waals surface area contributed by atoms with E-state index < -0.39 is 10.1 Å². The molecule has 0 saturated carbocycles. The third kappa shape index (κ3) is 3.45. The van der Waals surface area contributed by atoms with Gasteiger partial charge >= 0.3 is 10.1 Å². The van der Waals surface area contributed by atoms with Gasteiger partial charge in [0.2, 0.25) is 0 Å². The predicted molar refractivity (Wildman–Crippen MR) is 81.3 cm³/mol. The molecule has 0 radical (unpaired) electrons. The number of nitriles is 1. The number of rotatable bonds is 5. The molecule has 0 aromatic heterocycles. The number of hydrogen-bond donors (Lipinski definition) is 0. The molecule has 0 aliphatic heterocycles. The Labute approximate surface area is 129 Å². The average molecular weight is 315 g/mol. The Morgan fingerprint density at radius 1 is 1.09 bits per heavy atom. The first-order chi connectivity index (χ1) is 10.6. The third-order valence-corrected chi connectivity index (χ3v) is 4.04. The summed E-state index contributed by atoms with van der Waals surface area (Å²) in [6.07, 6.45) is 0.917. The number of methoxy groups -OCH3 is 1. The van der Waals surface area contributed by atoms with Crippen LogP contribution in [0.5, 0.6) is 5.75 Å². The highest BCUT2D eigenvalue weighted by Crippen LogP contribution is 2.26. The first-order valence-electron chi connectivity index (χ1n) is 6.30. The lowest BCUT2D eigenvalue weighted by Gasteiger charge is -2.07. The molecular weight excluding hydrogens is 302 g/mol. The van der Waals surface area contributed by atoms with E-state index in [1.54, 1.807) is 42.5 Å². The summed E-state index contributed by atoms with van der Waals surface area (Å²) in [5.74, 6) is 0.455. The van der Waals surface area contributed by atoms with Crippen LogP contribution in [-0.4, -0.2) is 15.5 Å². The van der Waals surface area contributed by atoms with Crippen molar-refractivity contribution in [1.29, 1.82) is 5.26 Å². The lowest BCUT2D eigenvalue weighted by molar-refractivity contribution is 0.413. The van der Waals surface area contributed by atoms with E-state index in [1.807, 2.05) is 6.07 Å². The lowest BCUT2D eigenvalue weighted by atomic mass is 10.1. The fourth-order valence-corrected chi connectivity index (χ4v) is 2.60. The molecule has 0 amide bonds. The van der Waals surface area contributed by atoms with Crippen molar-refractivity contribution in [3.63, 3.8) is 0 Å². The fraction of sp³-hybridized carbons (Fsp3) is 0.0625. The van der Waals surface area contributed by atoms with Gasteiger partial charge < -0.3 is 8.92 Å². The lowest BCUT2D eigenvalue weighted by Crippen LogP contribution is -2.02. The maximum absolute atomic E-state index is 12.0. The fourth-order valence-electron chi connectivity index (χ4n) is 1.77. The molecule has 0 aliphatic rings. The number of hydrogen-bond acceptors (Lipinski definition) is 5. The van der Waals surface area contributed by atoms with E-state index >= 15 is 0 Å². The maximum atomic E-state index is 12.0. The molecule has 22 heavy (non-hydrogen) atoms. The maximum Gasteiger partial charge on any atom is 0.338 e. The standard InChI is InChI=1S/C16H13NO4S/c1-20-16-10-6-5-9-15(16)13(11-17)12-21-22(18,19)14-7-3-2-4-8-14/h2-10,12H,1H3/b13-12+. The van der Waals surface area contributed by atoms with Crippen molar-refractivity contribution in [1.82, 2.24) is 0 Å². The van der Waals surface area contributed by atoms with E-state index in [0.29, 0.717) is 11.3 Å². The van der Waals surface area contributed by atoms with Gasteiger partial charge in [-0.25, -0.2) is 0 Å². The summed E-state index contributed by atoms with van der Waals surface area (Å²) in [5.41, 5.74) is 0.507. The van der Waals surface area contributed by atoms with Crippen LogP contribution in [0.4, 0.5) is 0 Å². The van der Waals surface area contributed by atoms with E-state index in [0.717, 1.165) is 6.26 Å². The average Bonchev–Trinajstić information content (AvgIpc) is 2.56. The molecule has 0 unspecified atom stereocenters. The van der Waals surface area contributed by atoms with Gasteiger partial charge in [-0.3, -0.25) is 0 Å². The molecule has 0 saturated heterocycles. The van der Waals surface area contributed by atoms with Crippen LogP contribution in [0, 0.1) is 11.3 Å². The highest BCUT2D eigenvalue weighted by molar-refractivity contribution is 7.86. The van der Waals surface area contributed by atoms with Crippen LogP contribution in [0.3, 0.4) is 0 Å². The summed E-state index contributed by atoms with van der Waals surface area (Å²) in [5, 5.41) is 9.22. The summed E-state index contributed by atoms with van der Waals surface area (Å²) in [6, 6.07) is 16.4. The van der Waals surface area contributed by atoms with Crippen molar-refractivity contribution < 1.29 is 17.3 Å². The largest absolute Gasteiger partial charge is 0.496 e. The van der Waals surface area contributed by atoms with Crippen LogP contribution in [0.15, 0.2) is 65.8 Å². The monoisotopic (exact) mass is 315 g/mol. The van der Waals surface area contributed by atoms with Gasteiger partial charge in [0.25, 0.3) is 0 Å². The highest BCUT2D eigenvalue weighted by Gasteiger charge is 2.15. The Morgan fingerprint density at radius 2 is 1.73 bits per heavy atom. The molecule has 5 nitrogen and oxygen atoms in total. The van der Waals surface area contributed by atoms with Crippen LogP contribution in [-0.2, 0) is 14.3 Å². The van der Waals surface area contributed by atoms with Crippen molar-refractivity contribution in [3.05, 3.63) is 66.4 Å². The SMILES string of the molecule is COc1ccccc1/C(C#N)=C/OS(=O)(=O)c1ccccc1. The number of benzene rings is 2.